The number of halogens is 6. The molecule has 0 fully saturated rings. The second kappa shape index (κ2) is 29.7. The third-order valence-electron chi connectivity index (χ3n) is 0. The Balaban J connectivity index is -0.0000000482. The Kier molecular flexibility index (Phi) is 54.5. The molecule has 0 saturated heterocycles. The third kappa shape index (κ3) is 342. The first kappa shape index (κ1) is 25.7. The normalized spacial score (nSPS) is 9.00. The Labute approximate surface area is 117 Å². The van der Waals surface area contributed by atoms with E-state index in [2.05, 4.69) is 0 Å². The van der Waals surface area contributed by atoms with Gasteiger partial charge in [-0.1, -0.05) is 0 Å². The van der Waals surface area contributed by atoms with Crippen LogP contribution in [0.3, 0.4) is 0 Å². The van der Waals surface area contributed by atoms with Crippen LogP contribution in [0.4, 0.5) is 0 Å². The van der Waals surface area contributed by atoms with Gasteiger partial charge in [-0.25, -0.2) is 0 Å². The van der Waals surface area contributed by atoms with Gasteiger partial charge >= 0.3 is 84.6 Å². The molecule has 0 aromatic rings. The quantitative estimate of drug-likeness (QED) is 0.296. The summed E-state index contributed by atoms with van der Waals surface area (Å²) in [6.45, 7) is -1.50. The summed E-state index contributed by atoms with van der Waals surface area (Å²) in [6.07, 6.45) is 0. The van der Waals surface area contributed by atoms with Crippen molar-refractivity contribution in [2.24, 2.45) is 0 Å². The average Bonchev–Trinajstić information content (AvgIpc) is 1.85. The summed E-state index contributed by atoms with van der Waals surface area (Å²) in [7, 11) is 29.9. The third-order valence-corrected chi connectivity index (χ3v) is 0. The molecule has 0 heterocycles. The molecular weight excluding hydrogens is 673 g/mol. The van der Waals surface area contributed by atoms with Crippen molar-refractivity contribution in [3.8, 4) is 0 Å². The summed E-state index contributed by atoms with van der Waals surface area (Å²) < 4.78 is 0. The molecule has 14 heavy (non-hydrogen) atoms. The molecule has 4 N–H and O–H groups in total. The van der Waals surface area contributed by atoms with Crippen LogP contribution in [0, 0.1) is 0 Å². The molecule has 0 aliphatic carbocycles. The predicted octanol–water partition coefficient (Wildman–Crippen LogP) is 1.99. The maximum atomic E-state index is 7.12. The first-order chi connectivity index (χ1) is 6.29. The summed E-state index contributed by atoms with van der Waals surface area (Å²) in [4.78, 5) is 0. The Bertz CT molecular complexity index is 56.3. The van der Waals surface area contributed by atoms with Gasteiger partial charge in [0.1, 0.15) is 13.6 Å². The minimum absolute atomic E-state index is 0.750. The van der Waals surface area contributed by atoms with Gasteiger partial charge < -0.3 is 20.4 Å². The van der Waals surface area contributed by atoms with Crippen molar-refractivity contribution < 1.29 is 47.8 Å². The fraction of sp³-hybridized carbons (Fsp3) is 1.00. The van der Waals surface area contributed by atoms with Gasteiger partial charge in [0.05, 0.1) is 0 Å². The van der Waals surface area contributed by atoms with Crippen LogP contribution in [0.2, 0.25) is 0 Å². The van der Waals surface area contributed by atoms with Gasteiger partial charge in [-0.2, -0.15) is 0 Å². The van der Waals surface area contributed by atoms with E-state index in [1.54, 1.807) is 0 Å². The molecule has 0 saturated carbocycles. The number of aliphatic hydroxyl groups excluding tert-OH is 2. The molecule has 96 valence electrons. The SMILES string of the molecule is OCO.OCO.[Cl][Re]([Cl])[Cl].[Cl][Re]([Cl])[Cl]. The molecule has 0 atom stereocenters. The molecular formula is C2H8Cl6O4Re2. The number of rotatable bonds is 0. The molecule has 0 aliphatic rings. The van der Waals surface area contributed by atoms with Gasteiger partial charge in [0.15, 0.2) is 0 Å². The van der Waals surface area contributed by atoms with Crippen molar-refractivity contribution in [2.45, 2.75) is 0 Å². The number of hydrogen-bond acceptors (Lipinski definition) is 4. The van der Waals surface area contributed by atoms with Crippen molar-refractivity contribution in [1.82, 2.24) is 0 Å². The molecule has 12 heteroatoms. The Morgan fingerprint density at radius 3 is 0.571 bits per heavy atom. The van der Waals surface area contributed by atoms with E-state index in [0.29, 0.717) is 0 Å². The summed E-state index contributed by atoms with van der Waals surface area (Å²) >= 11 is -4.09. The van der Waals surface area contributed by atoms with E-state index in [9.17, 15) is 0 Å². The fourth-order valence-corrected chi connectivity index (χ4v) is 0. The second-order valence-corrected chi connectivity index (χ2v) is 24.1. The molecule has 0 radical (unpaired) electrons. The van der Waals surface area contributed by atoms with Crippen molar-refractivity contribution in [1.29, 1.82) is 0 Å². The van der Waals surface area contributed by atoms with Gasteiger partial charge in [-0.15, -0.1) is 0 Å². The van der Waals surface area contributed by atoms with Gasteiger partial charge in [-0.05, 0) is 0 Å². The van der Waals surface area contributed by atoms with E-state index < -0.39 is 41.0 Å². The van der Waals surface area contributed by atoms with Crippen LogP contribution in [0.5, 0.6) is 0 Å². The summed E-state index contributed by atoms with van der Waals surface area (Å²) in [6, 6.07) is 0. The molecule has 0 aliphatic heterocycles. The zero-order valence-electron chi connectivity index (χ0n) is 6.23. The standard InChI is InChI=1S/2CH4O2.6ClH.2Re/c2*2-1-3;;;;;;;;/h2*2-3H,1H2;6*1H;;/q;;;;;;;;2*+3/p-6. The van der Waals surface area contributed by atoms with Crippen LogP contribution in [0.1, 0.15) is 0 Å². The zero-order valence-corrected chi connectivity index (χ0v) is 16.2. The average molecular weight is 681 g/mol. The summed E-state index contributed by atoms with van der Waals surface area (Å²) in [5.74, 6) is 0. The molecule has 0 aromatic heterocycles. The Morgan fingerprint density at radius 2 is 0.571 bits per heavy atom. The summed E-state index contributed by atoms with van der Waals surface area (Å²) in [5.41, 5.74) is 0. The van der Waals surface area contributed by atoms with Crippen molar-refractivity contribution >= 4 is 57.2 Å². The van der Waals surface area contributed by atoms with Crippen LogP contribution in [0.25, 0.3) is 0 Å². The second-order valence-electron chi connectivity index (χ2n) is 0.607. The molecule has 0 rings (SSSR count). The van der Waals surface area contributed by atoms with Crippen LogP contribution in [-0.4, -0.2) is 34.0 Å². The molecule has 0 unspecified atom stereocenters. The van der Waals surface area contributed by atoms with Crippen molar-refractivity contribution in [3.05, 3.63) is 0 Å². The summed E-state index contributed by atoms with van der Waals surface area (Å²) in [5, 5.41) is 28.5. The van der Waals surface area contributed by atoms with E-state index in [1.165, 1.54) is 0 Å². The molecule has 0 aromatic carbocycles. The topological polar surface area (TPSA) is 80.9 Å². The van der Waals surface area contributed by atoms with E-state index in [0.717, 1.165) is 0 Å². The van der Waals surface area contributed by atoms with Gasteiger partial charge in [0.25, 0.3) is 0 Å². The maximum absolute atomic E-state index is 7.12. The first-order valence-corrected chi connectivity index (χ1v) is 22.3. The van der Waals surface area contributed by atoms with Gasteiger partial charge in [-0.3, -0.25) is 0 Å². The minimum atomic E-state index is -2.05. The van der Waals surface area contributed by atoms with E-state index in [4.69, 9.17) is 77.6 Å². The van der Waals surface area contributed by atoms with Crippen LogP contribution in [0.15, 0.2) is 0 Å². The Morgan fingerprint density at radius 1 is 0.571 bits per heavy atom. The number of aliphatic hydroxyl groups is 4. The van der Waals surface area contributed by atoms with E-state index in [1.807, 2.05) is 0 Å². The molecule has 0 bridgehead atoms. The Hall–Kier alpha value is 2.90. The van der Waals surface area contributed by atoms with E-state index in [-0.39, 0.29) is 0 Å². The molecule has 4 nitrogen and oxygen atoms in total. The van der Waals surface area contributed by atoms with Gasteiger partial charge in [0.2, 0.25) is 0 Å². The first-order valence-electron chi connectivity index (χ1n) is 2.12. The zero-order chi connectivity index (χ0) is 12.6. The van der Waals surface area contributed by atoms with Crippen LogP contribution >= 0.6 is 57.2 Å². The molecule has 0 spiro atoms. The van der Waals surface area contributed by atoms with Gasteiger partial charge in [0, 0.05) is 0 Å². The number of hydrogen-bond donors (Lipinski definition) is 4. The fourth-order valence-electron chi connectivity index (χ4n) is 0. The van der Waals surface area contributed by atoms with Crippen molar-refractivity contribution in [2.75, 3.05) is 13.6 Å². The van der Waals surface area contributed by atoms with E-state index >= 15 is 0 Å². The van der Waals surface area contributed by atoms with Crippen LogP contribution < -0.4 is 0 Å². The van der Waals surface area contributed by atoms with Crippen molar-refractivity contribution in [3.63, 3.8) is 0 Å². The van der Waals surface area contributed by atoms with Crippen LogP contribution in [-0.2, 0) is 27.4 Å². The molecule has 0 amide bonds. The predicted molar refractivity (Wildman–Crippen MR) is 53.7 cm³/mol. The monoisotopic (exact) mass is 680 g/mol.